The molecule has 0 unspecified atom stereocenters. The van der Waals surface area contributed by atoms with Crippen molar-refractivity contribution in [2.75, 3.05) is 0 Å². The number of ether oxygens (including phenoxy) is 1. The van der Waals surface area contributed by atoms with Gasteiger partial charge in [0.2, 0.25) is 0 Å². The Balaban J connectivity index is 2.13. The summed E-state index contributed by atoms with van der Waals surface area (Å²) in [5.41, 5.74) is 2.07. The van der Waals surface area contributed by atoms with Gasteiger partial charge in [0.1, 0.15) is 12.4 Å². The van der Waals surface area contributed by atoms with E-state index in [9.17, 15) is 4.79 Å². The lowest BCUT2D eigenvalue weighted by molar-refractivity contribution is 0.0697. The molecule has 2 rings (SSSR count). The van der Waals surface area contributed by atoms with Crippen molar-refractivity contribution < 1.29 is 14.6 Å². The lowest BCUT2D eigenvalue weighted by Gasteiger charge is -2.11. The van der Waals surface area contributed by atoms with E-state index >= 15 is 0 Å². The summed E-state index contributed by atoms with van der Waals surface area (Å²) in [4.78, 5) is 10.8. The van der Waals surface area contributed by atoms with Gasteiger partial charge in [0.15, 0.2) is 0 Å². The molecule has 1 N–H and O–H groups in total. The molecule has 2 aromatic carbocycles. The van der Waals surface area contributed by atoms with Crippen molar-refractivity contribution in [2.24, 2.45) is 0 Å². The second-order valence-electron chi connectivity index (χ2n) is 4.36. The summed E-state index contributed by atoms with van der Waals surface area (Å²) >= 11 is 6.07. The first-order chi connectivity index (χ1) is 9.61. The van der Waals surface area contributed by atoms with E-state index in [1.54, 1.807) is 6.07 Å². The fraction of sp³-hybridized carbons (Fsp3) is 0.188. The predicted molar refractivity (Wildman–Crippen MR) is 78.6 cm³/mol. The van der Waals surface area contributed by atoms with Crippen LogP contribution in [0.2, 0.25) is 5.02 Å². The number of aryl methyl sites for hydroxylation is 1. The van der Waals surface area contributed by atoms with Gasteiger partial charge in [-0.05, 0) is 30.2 Å². The van der Waals surface area contributed by atoms with Gasteiger partial charge in [-0.2, -0.15) is 0 Å². The first-order valence-corrected chi connectivity index (χ1v) is 6.72. The van der Waals surface area contributed by atoms with Crippen molar-refractivity contribution in [1.29, 1.82) is 0 Å². The van der Waals surface area contributed by atoms with Crippen LogP contribution in [0.25, 0.3) is 0 Å². The van der Waals surface area contributed by atoms with Crippen molar-refractivity contribution in [2.45, 2.75) is 20.0 Å². The van der Waals surface area contributed by atoms with Gasteiger partial charge in [-0.3, -0.25) is 0 Å². The van der Waals surface area contributed by atoms with Crippen molar-refractivity contribution in [3.8, 4) is 5.75 Å². The minimum Gasteiger partial charge on any atom is -0.489 e. The highest BCUT2D eigenvalue weighted by molar-refractivity contribution is 6.31. The molecule has 0 bridgehead atoms. The molecule has 0 radical (unpaired) electrons. The summed E-state index contributed by atoms with van der Waals surface area (Å²) < 4.78 is 5.76. The number of hydrogen-bond acceptors (Lipinski definition) is 2. The normalized spacial score (nSPS) is 10.3. The van der Waals surface area contributed by atoms with E-state index < -0.39 is 5.97 Å². The van der Waals surface area contributed by atoms with E-state index in [-0.39, 0.29) is 5.56 Å². The van der Waals surface area contributed by atoms with Gasteiger partial charge >= 0.3 is 5.97 Å². The van der Waals surface area contributed by atoms with Gasteiger partial charge in [-0.25, -0.2) is 4.79 Å². The van der Waals surface area contributed by atoms with Crippen LogP contribution in [-0.4, -0.2) is 11.1 Å². The molecule has 0 heterocycles. The monoisotopic (exact) mass is 290 g/mol. The number of aromatic carboxylic acids is 1. The van der Waals surface area contributed by atoms with Crippen LogP contribution >= 0.6 is 11.6 Å². The summed E-state index contributed by atoms with van der Waals surface area (Å²) in [5, 5.41) is 9.29. The first kappa shape index (κ1) is 14.4. The fourth-order valence-corrected chi connectivity index (χ4v) is 2.12. The largest absolute Gasteiger partial charge is 0.489 e. The molecule has 0 spiro atoms. The highest BCUT2D eigenvalue weighted by Gasteiger charge is 2.08. The molecule has 0 atom stereocenters. The zero-order chi connectivity index (χ0) is 14.5. The van der Waals surface area contributed by atoms with Crippen LogP contribution in [0.4, 0.5) is 0 Å². The van der Waals surface area contributed by atoms with E-state index in [1.807, 2.05) is 24.3 Å². The van der Waals surface area contributed by atoms with E-state index in [0.717, 1.165) is 23.3 Å². The molecular formula is C16H15ClO3. The molecule has 3 nitrogen and oxygen atoms in total. The average molecular weight is 291 g/mol. The molecule has 104 valence electrons. The fourth-order valence-electron chi connectivity index (χ4n) is 1.89. The van der Waals surface area contributed by atoms with Gasteiger partial charge in [-0.15, -0.1) is 0 Å². The lowest BCUT2D eigenvalue weighted by atomic mass is 10.1. The van der Waals surface area contributed by atoms with Crippen LogP contribution in [0.1, 0.15) is 28.4 Å². The summed E-state index contributed by atoms with van der Waals surface area (Å²) in [7, 11) is 0. The van der Waals surface area contributed by atoms with Crippen LogP contribution in [0, 0.1) is 0 Å². The zero-order valence-electron chi connectivity index (χ0n) is 11.1. The van der Waals surface area contributed by atoms with Crippen molar-refractivity contribution in [3.63, 3.8) is 0 Å². The molecule has 4 heteroatoms. The Kier molecular flexibility index (Phi) is 4.64. The third kappa shape index (κ3) is 3.31. The second-order valence-corrected chi connectivity index (χ2v) is 4.77. The minimum atomic E-state index is -0.990. The maximum Gasteiger partial charge on any atom is 0.335 e. The average Bonchev–Trinajstić information content (AvgIpc) is 2.46. The molecule has 0 aromatic heterocycles. The number of para-hydroxylation sites is 1. The number of rotatable bonds is 5. The highest BCUT2D eigenvalue weighted by atomic mass is 35.5. The molecule has 0 aliphatic heterocycles. The van der Waals surface area contributed by atoms with Gasteiger partial charge in [0.25, 0.3) is 0 Å². The highest BCUT2D eigenvalue weighted by Crippen LogP contribution is 2.23. The van der Waals surface area contributed by atoms with Crippen LogP contribution in [0.15, 0.2) is 42.5 Å². The first-order valence-electron chi connectivity index (χ1n) is 6.34. The standard InChI is InChI=1S/C16H15ClO3/c1-2-11-5-3-4-6-15(11)20-10-13-8-7-12(16(18)19)9-14(13)17/h3-9H,2,10H2,1H3,(H,18,19). The van der Waals surface area contributed by atoms with Crippen LogP contribution < -0.4 is 4.74 Å². The lowest BCUT2D eigenvalue weighted by Crippen LogP contribution is -2.01. The van der Waals surface area contributed by atoms with Gasteiger partial charge in [-0.1, -0.05) is 42.8 Å². The van der Waals surface area contributed by atoms with Crippen molar-refractivity contribution in [1.82, 2.24) is 0 Å². The van der Waals surface area contributed by atoms with Gasteiger partial charge in [0, 0.05) is 10.6 Å². The molecule has 0 aliphatic carbocycles. The van der Waals surface area contributed by atoms with Crippen LogP contribution in [0.5, 0.6) is 5.75 Å². The van der Waals surface area contributed by atoms with Crippen LogP contribution in [0.3, 0.4) is 0 Å². The topological polar surface area (TPSA) is 46.5 Å². The number of halogens is 1. The smallest absolute Gasteiger partial charge is 0.335 e. The Morgan fingerprint density at radius 1 is 1.20 bits per heavy atom. The van der Waals surface area contributed by atoms with E-state index in [1.165, 1.54) is 12.1 Å². The molecule has 0 saturated heterocycles. The number of hydrogen-bond donors (Lipinski definition) is 1. The van der Waals surface area contributed by atoms with E-state index in [4.69, 9.17) is 21.4 Å². The minimum absolute atomic E-state index is 0.174. The maximum absolute atomic E-state index is 10.8. The van der Waals surface area contributed by atoms with Crippen LogP contribution in [-0.2, 0) is 13.0 Å². The third-order valence-corrected chi connectivity index (χ3v) is 3.39. The molecule has 0 aliphatic rings. The summed E-state index contributed by atoms with van der Waals surface area (Å²) in [5.74, 6) is -0.163. The second kappa shape index (κ2) is 6.44. The number of carboxylic acids is 1. The zero-order valence-corrected chi connectivity index (χ0v) is 11.9. The molecular weight excluding hydrogens is 276 g/mol. The molecule has 0 saturated carbocycles. The van der Waals surface area contributed by atoms with E-state index in [0.29, 0.717) is 11.6 Å². The maximum atomic E-state index is 10.8. The summed E-state index contributed by atoms with van der Waals surface area (Å²) in [6.45, 7) is 2.38. The number of benzene rings is 2. The Morgan fingerprint density at radius 3 is 2.60 bits per heavy atom. The Bertz CT molecular complexity index is 623. The molecule has 0 fully saturated rings. The van der Waals surface area contributed by atoms with Gasteiger partial charge in [0.05, 0.1) is 5.56 Å². The van der Waals surface area contributed by atoms with Crippen molar-refractivity contribution in [3.05, 3.63) is 64.2 Å². The Hall–Kier alpha value is -2.00. The quantitative estimate of drug-likeness (QED) is 0.898. The molecule has 0 amide bonds. The predicted octanol–water partition coefficient (Wildman–Crippen LogP) is 4.18. The summed E-state index contributed by atoms with van der Waals surface area (Å²) in [6.07, 6.45) is 0.891. The van der Waals surface area contributed by atoms with Gasteiger partial charge < -0.3 is 9.84 Å². The Morgan fingerprint density at radius 2 is 1.95 bits per heavy atom. The summed E-state index contributed by atoms with van der Waals surface area (Å²) in [6, 6.07) is 12.5. The number of carbonyl (C=O) groups is 1. The molecule has 2 aromatic rings. The van der Waals surface area contributed by atoms with E-state index in [2.05, 4.69) is 6.92 Å². The molecule has 20 heavy (non-hydrogen) atoms. The third-order valence-electron chi connectivity index (χ3n) is 3.04. The van der Waals surface area contributed by atoms with Crippen molar-refractivity contribution >= 4 is 17.6 Å². The number of carboxylic acid groups (broad SMARTS) is 1. The SMILES string of the molecule is CCc1ccccc1OCc1ccc(C(=O)O)cc1Cl. The Labute approximate surface area is 122 Å².